The monoisotopic (exact) mass is 269 g/mol. The molecule has 1 N–H and O–H groups in total. The highest BCUT2D eigenvalue weighted by molar-refractivity contribution is 6.28. The van der Waals surface area contributed by atoms with Crippen molar-refractivity contribution in [3.05, 3.63) is 39.7 Å². The topological polar surface area (TPSA) is 46.9 Å². The van der Waals surface area contributed by atoms with Crippen molar-refractivity contribution in [2.24, 2.45) is 0 Å². The molecule has 0 atom stereocenters. The van der Waals surface area contributed by atoms with Crippen LogP contribution in [-0.2, 0) is 6.54 Å². The van der Waals surface area contributed by atoms with Crippen LogP contribution in [0.5, 0.6) is 0 Å². The summed E-state index contributed by atoms with van der Waals surface area (Å²) < 4.78 is 14.9. The van der Waals surface area contributed by atoms with Gasteiger partial charge in [0.25, 0.3) is 5.56 Å². The van der Waals surface area contributed by atoms with Crippen molar-refractivity contribution in [3.63, 3.8) is 0 Å². The summed E-state index contributed by atoms with van der Waals surface area (Å²) in [6.45, 7) is 1.16. The molecular weight excluding hydrogens is 257 g/mol. The quantitative estimate of drug-likeness (QED) is 0.680. The molecule has 0 amide bonds. The van der Waals surface area contributed by atoms with Gasteiger partial charge in [-0.2, -0.15) is 0 Å². The third kappa shape index (κ3) is 2.37. The fourth-order valence-electron chi connectivity index (χ4n) is 1.80. The molecule has 4 nitrogen and oxygen atoms in total. The average molecular weight is 270 g/mol. The third-order valence-corrected chi connectivity index (χ3v) is 2.98. The van der Waals surface area contributed by atoms with E-state index in [1.54, 1.807) is 6.07 Å². The average Bonchev–Trinajstić information content (AvgIpc) is 2.33. The standard InChI is InChI=1S/C12H13ClFN3O/c1-15-6-3-7-17-11(18)10-8(14)4-2-5-9(10)16-12(17)13/h2,4-5,15H,3,6-7H2,1H3. The Bertz CT molecular complexity index is 626. The number of fused-ring (bicyclic) bond motifs is 1. The highest BCUT2D eigenvalue weighted by atomic mass is 35.5. The van der Waals surface area contributed by atoms with Crippen LogP contribution < -0.4 is 10.9 Å². The molecule has 1 aromatic carbocycles. The van der Waals surface area contributed by atoms with Crippen LogP contribution in [0, 0.1) is 5.82 Å². The van der Waals surface area contributed by atoms with Crippen LogP contribution in [0.1, 0.15) is 6.42 Å². The zero-order chi connectivity index (χ0) is 13.1. The van der Waals surface area contributed by atoms with Crippen LogP contribution >= 0.6 is 11.6 Å². The fraction of sp³-hybridized carbons (Fsp3) is 0.333. The first kappa shape index (κ1) is 13.0. The van der Waals surface area contributed by atoms with E-state index in [-0.39, 0.29) is 16.2 Å². The molecule has 96 valence electrons. The second-order valence-electron chi connectivity index (χ2n) is 3.93. The van der Waals surface area contributed by atoms with Crippen molar-refractivity contribution < 1.29 is 4.39 Å². The zero-order valence-electron chi connectivity index (χ0n) is 9.91. The van der Waals surface area contributed by atoms with E-state index in [4.69, 9.17) is 11.6 Å². The summed E-state index contributed by atoms with van der Waals surface area (Å²) in [5.74, 6) is -0.566. The number of aromatic nitrogens is 2. The van der Waals surface area contributed by atoms with Crippen molar-refractivity contribution in [1.29, 1.82) is 0 Å². The predicted octanol–water partition coefficient (Wildman–Crippen LogP) is 1.80. The Morgan fingerprint density at radius 1 is 1.50 bits per heavy atom. The minimum Gasteiger partial charge on any atom is -0.320 e. The third-order valence-electron chi connectivity index (χ3n) is 2.69. The highest BCUT2D eigenvalue weighted by Gasteiger charge is 2.12. The van der Waals surface area contributed by atoms with E-state index in [2.05, 4.69) is 10.3 Å². The van der Waals surface area contributed by atoms with Gasteiger partial charge in [-0.25, -0.2) is 9.37 Å². The summed E-state index contributed by atoms with van der Waals surface area (Å²) in [6.07, 6.45) is 0.720. The van der Waals surface area contributed by atoms with Gasteiger partial charge in [-0.15, -0.1) is 0 Å². The van der Waals surface area contributed by atoms with Crippen molar-refractivity contribution in [2.45, 2.75) is 13.0 Å². The van der Waals surface area contributed by atoms with Crippen LogP contribution in [0.2, 0.25) is 5.28 Å². The largest absolute Gasteiger partial charge is 0.320 e. The number of nitrogens with one attached hydrogen (secondary N) is 1. The van der Waals surface area contributed by atoms with Crippen molar-refractivity contribution in [3.8, 4) is 0 Å². The summed E-state index contributed by atoms with van der Waals surface area (Å²) in [7, 11) is 1.82. The predicted molar refractivity (Wildman–Crippen MR) is 69.5 cm³/mol. The molecule has 0 aliphatic heterocycles. The summed E-state index contributed by atoms with van der Waals surface area (Å²) in [5.41, 5.74) is -0.144. The molecule has 0 saturated heterocycles. The van der Waals surface area contributed by atoms with Gasteiger partial charge in [-0.05, 0) is 43.7 Å². The van der Waals surface area contributed by atoms with E-state index in [0.29, 0.717) is 6.54 Å². The lowest BCUT2D eigenvalue weighted by molar-refractivity contribution is 0.589. The van der Waals surface area contributed by atoms with Gasteiger partial charge in [-0.1, -0.05) is 6.07 Å². The van der Waals surface area contributed by atoms with E-state index < -0.39 is 11.4 Å². The number of hydrogen-bond acceptors (Lipinski definition) is 3. The molecule has 1 heterocycles. The Balaban J connectivity index is 2.54. The molecule has 6 heteroatoms. The van der Waals surface area contributed by atoms with Crippen molar-refractivity contribution in [2.75, 3.05) is 13.6 Å². The van der Waals surface area contributed by atoms with Gasteiger partial charge in [-0.3, -0.25) is 9.36 Å². The van der Waals surface area contributed by atoms with Gasteiger partial charge in [0.15, 0.2) is 0 Å². The van der Waals surface area contributed by atoms with E-state index in [0.717, 1.165) is 13.0 Å². The van der Waals surface area contributed by atoms with Crippen LogP contribution in [0.25, 0.3) is 10.9 Å². The minimum absolute atomic E-state index is 0.00800. The summed E-state index contributed by atoms with van der Waals surface area (Å²) >= 11 is 5.95. The maximum atomic E-state index is 13.6. The summed E-state index contributed by atoms with van der Waals surface area (Å²) in [6, 6.07) is 4.33. The molecule has 0 saturated carbocycles. The number of halogens is 2. The Hall–Kier alpha value is -1.46. The number of benzene rings is 1. The van der Waals surface area contributed by atoms with Gasteiger partial charge >= 0.3 is 0 Å². The molecule has 1 aromatic heterocycles. The Morgan fingerprint density at radius 3 is 3.00 bits per heavy atom. The van der Waals surface area contributed by atoms with E-state index >= 15 is 0 Å². The lowest BCUT2D eigenvalue weighted by Gasteiger charge is -2.09. The maximum absolute atomic E-state index is 13.6. The van der Waals surface area contributed by atoms with Gasteiger partial charge < -0.3 is 5.32 Å². The van der Waals surface area contributed by atoms with Crippen LogP contribution in [0.4, 0.5) is 4.39 Å². The van der Waals surface area contributed by atoms with Crippen LogP contribution in [0.3, 0.4) is 0 Å². The van der Waals surface area contributed by atoms with Gasteiger partial charge in [0.05, 0.1) is 5.52 Å². The number of nitrogens with zero attached hydrogens (tertiary/aromatic N) is 2. The molecule has 18 heavy (non-hydrogen) atoms. The van der Waals surface area contributed by atoms with Crippen LogP contribution in [-0.4, -0.2) is 23.1 Å². The second kappa shape index (κ2) is 5.46. The van der Waals surface area contributed by atoms with Gasteiger partial charge in [0.1, 0.15) is 11.2 Å². The molecule has 0 fully saturated rings. The number of hydrogen-bond donors (Lipinski definition) is 1. The lowest BCUT2D eigenvalue weighted by atomic mass is 10.2. The van der Waals surface area contributed by atoms with E-state index in [9.17, 15) is 9.18 Å². The first-order valence-corrected chi connectivity index (χ1v) is 6.02. The SMILES string of the molecule is CNCCCn1c(Cl)nc2cccc(F)c2c1=O. The lowest BCUT2D eigenvalue weighted by Crippen LogP contribution is -2.24. The zero-order valence-corrected chi connectivity index (χ0v) is 10.7. The smallest absolute Gasteiger partial charge is 0.265 e. The Labute approximate surface area is 108 Å². The molecule has 2 rings (SSSR count). The second-order valence-corrected chi connectivity index (χ2v) is 4.27. The van der Waals surface area contributed by atoms with Crippen molar-refractivity contribution in [1.82, 2.24) is 14.9 Å². The molecule has 0 aliphatic carbocycles. The summed E-state index contributed by atoms with van der Waals surface area (Å²) in [5, 5.41) is 3.06. The Kier molecular flexibility index (Phi) is 3.93. The van der Waals surface area contributed by atoms with Gasteiger partial charge in [0.2, 0.25) is 5.28 Å². The molecule has 0 bridgehead atoms. The van der Waals surface area contributed by atoms with E-state index in [1.165, 1.54) is 16.7 Å². The number of rotatable bonds is 4. The molecule has 0 unspecified atom stereocenters. The first-order chi connectivity index (χ1) is 8.65. The van der Waals surface area contributed by atoms with Crippen molar-refractivity contribution >= 4 is 22.5 Å². The first-order valence-electron chi connectivity index (χ1n) is 5.64. The van der Waals surface area contributed by atoms with Gasteiger partial charge in [0, 0.05) is 6.54 Å². The molecule has 2 aromatic rings. The molecule has 0 spiro atoms. The summed E-state index contributed by atoms with van der Waals surface area (Å²) in [4.78, 5) is 16.2. The molecular formula is C12H13ClFN3O. The highest BCUT2D eigenvalue weighted by Crippen LogP contribution is 2.14. The van der Waals surface area contributed by atoms with Crippen LogP contribution in [0.15, 0.2) is 23.0 Å². The molecule has 0 aliphatic rings. The molecule has 0 radical (unpaired) electrons. The van der Waals surface area contributed by atoms with E-state index in [1.807, 2.05) is 7.05 Å². The Morgan fingerprint density at radius 2 is 2.28 bits per heavy atom. The normalized spacial score (nSPS) is 11.1. The maximum Gasteiger partial charge on any atom is 0.265 e. The minimum atomic E-state index is -0.566. The fourth-order valence-corrected chi connectivity index (χ4v) is 2.06.